The van der Waals surface area contributed by atoms with Gasteiger partial charge in [0.2, 0.25) is 0 Å². The summed E-state index contributed by atoms with van der Waals surface area (Å²) in [5.41, 5.74) is 3.64. The van der Waals surface area contributed by atoms with E-state index in [1.807, 2.05) is 6.07 Å². The second-order valence-electron chi connectivity index (χ2n) is 16.4. The Morgan fingerprint density at radius 3 is 1.49 bits per heavy atom. The number of aromatic amines is 2. The number of carbonyl (C=O) groups excluding carboxylic acids is 4. The molecule has 23 nitrogen and oxygen atoms in total. The molecule has 3 N–H and O–H groups in total. The van der Waals surface area contributed by atoms with Crippen LogP contribution in [0.1, 0.15) is 32.1 Å². The lowest BCUT2D eigenvalue weighted by atomic mass is 10.1. The number of nitrogens with zero attached hydrogens (tertiary/aromatic N) is 7. The fourth-order valence-electron chi connectivity index (χ4n) is 8.78. The third-order valence-electron chi connectivity index (χ3n) is 12.2. The van der Waals surface area contributed by atoms with Gasteiger partial charge in [-0.3, -0.25) is 9.59 Å². The summed E-state index contributed by atoms with van der Waals surface area (Å²) in [5, 5.41) is 5.27. The summed E-state index contributed by atoms with van der Waals surface area (Å²) in [6, 6.07) is 16.1. The van der Waals surface area contributed by atoms with Gasteiger partial charge in [-0.25, -0.2) is 39.5 Å². The number of imide groups is 1. The lowest BCUT2D eigenvalue weighted by molar-refractivity contribution is -0.197. The summed E-state index contributed by atoms with van der Waals surface area (Å²) in [6.45, 7) is 0.299. The van der Waals surface area contributed by atoms with Crippen molar-refractivity contribution >= 4 is 68.0 Å². The molecule has 3 amide bonds. The van der Waals surface area contributed by atoms with Crippen LogP contribution in [0, 0.1) is 0 Å². The number of carbonyl (C=O) groups is 4. The lowest BCUT2D eigenvalue weighted by Crippen LogP contribution is -2.32. The number of alkyl carbamates (subject to hydrolysis) is 1. The first-order chi connectivity index (χ1) is 35.5. The molecule has 0 unspecified atom stereocenters. The van der Waals surface area contributed by atoms with E-state index in [9.17, 15) is 19.2 Å². The van der Waals surface area contributed by atoms with E-state index in [1.54, 1.807) is 91.2 Å². The van der Waals surface area contributed by atoms with Gasteiger partial charge in [0.1, 0.15) is 62.8 Å². The van der Waals surface area contributed by atoms with Crippen LogP contribution in [0.2, 0.25) is 0 Å². The van der Waals surface area contributed by atoms with Crippen LogP contribution in [0.4, 0.5) is 4.79 Å². The molecule has 0 atom stereocenters. The van der Waals surface area contributed by atoms with Crippen LogP contribution in [0.3, 0.4) is 0 Å². The molecule has 7 aromatic rings. The van der Waals surface area contributed by atoms with E-state index in [4.69, 9.17) is 72.6 Å². The molecule has 0 saturated carbocycles. The predicted molar refractivity (Wildman–Crippen MR) is 261 cm³/mol. The molecule has 3 aliphatic heterocycles. The van der Waals surface area contributed by atoms with Crippen molar-refractivity contribution in [3.8, 4) is 85.8 Å². The van der Waals surface area contributed by atoms with Gasteiger partial charge >= 0.3 is 12.1 Å². The molecule has 3 aromatic heterocycles. The number of rotatable bonds is 16. The van der Waals surface area contributed by atoms with Crippen LogP contribution in [0.5, 0.6) is 40.2 Å². The van der Waals surface area contributed by atoms with Crippen LogP contribution in [-0.4, -0.2) is 131 Å². The molecule has 6 heterocycles. The monoisotopic (exact) mass is 994 g/mol. The highest BCUT2D eigenvalue weighted by molar-refractivity contribution is 6.13. The second kappa shape index (κ2) is 19.8. The van der Waals surface area contributed by atoms with Gasteiger partial charge < -0.3 is 58.0 Å². The quantitative estimate of drug-likeness (QED) is 0.0662. The average Bonchev–Trinajstić information content (AvgIpc) is 4.22. The smallest absolute Gasteiger partial charge is 0.407 e. The van der Waals surface area contributed by atoms with Crippen molar-refractivity contribution in [2.45, 2.75) is 32.1 Å². The maximum absolute atomic E-state index is 12.4. The van der Waals surface area contributed by atoms with E-state index in [0.29, 0.717) is 124 Å². The summed E-state index contributed by atoms with van der Waals surface area (Å²) in [4.78, 5) is 90.2. The van der Waals surface area contributed by atoms with Gasteiger partial charge in [-0.2, -0.15) is 0 Å². The maximum atomic E-state index is 12.4. The Hall–Kier alpha value is -9.28. The number of hydroxylamine groups is 2. The number of amides is 3. The summed E-state index contributed by atoms with van der Waals surface area (Å²) >= 11 is 0. The standard InChI is InChI=1S/C50H46N10O13/c1-65-27-12-14-29(67-3)38-36(27)44-53-42-25-11-10-24(71-21-8-22-72-50(64)51-20-7-9-35(63)73-60-33(61)18-19-34(60)62)23-26(25)43(52-42)54-45-37-28(66-2)13-15-30(68-4)39(37)47(56-45)58-49-41-32(70-6)17-16-31(69-5)40(41)48(59-49)57-46(38)55-44/h10-17,23H,7-9,18-22H2,1-6H3,(H,51,64)(H2,52,53,54,55,56,57,58,59). The number of aromatic nitrogens is 8. The summed E-state index contributed by atoms with van der Waals surface area (Å²) < 4.78 is 46.9. The predicted octanol–water partition coefficient (Wildman–Crippen LogP) is 6.80. The van der Waals surface area contributed by atoms with E-state index in [1.165, 1.54) is 0 Å². The van der Waals surface area contributed by atoms with Gasteiger partial charge in [0.15, 0.2) is 23.3 Å². The molecule has 0 aliphatic carbocycles. The lowest BCUT2D eigenvalue weighted by Gasteiger charge is -2.12. The van der Waals surface area contributed by atoms with E-state index < -0.39 is 23.9 Å². The Bertz CT molecular complexity index is 3560. The number of fused-ring (bicyclic) bond motifs is 20. The zero-order valence-electron chi connectivity index (χ0n) is 40.3. The SMILES string of the molecule is COc1ccc(OC)c2c1-c1nc-2nc2[nH]c(nc3nc(nc4[nH]c(n1)c1c(OC)ccc(OC)c41)-c1ccc(OCCCOC(=O)NCCCC(=O)ON4C(=O)CCC4=O)cc1-3)c1c(OC)ccc(OC)c21. The van der Waals surface area contributed by atoms with Crippen LogP contribution >= 0.6 is 0 Å². The largest absolute Gasteiger partial charge is 0.496 e. The van der Waals surface area contributed by atoms with Gasteiger partial charge in [0.25, 0.3) is 11.8 Å². The second-order valence-corrected chi connectivity index (χ2v) is 16.4. The van der Waals surface area contributed by atoms with Crippen molar-refractivity contribution in [1.82, 2.24) is 50.3 Å². The molecule has 1 fully saturated rings. The number of hydrogen-bond donors (Lipinski definition) is 3. The fraction of sp³-hybridized carbons (Fsp3) is 0.280. The molecule has 73 heavy (non-hydrogen) atoms. The normalized spacial score (nSPS) is 12.6. The van der Waals surface area contributed by atoms with Gasteiger partial charge in [-0.05, 0) is 61.0 Å². The Morgan fingerprint density at radius 2 is 1.00 bits per heavy atom. The van der Waals surface area contributed by atoms with Crippen molar-refractivity contribution in [1.29, 1.82) is 0 Å². The molecule has 0 radical (unpaired) electrons. The van der Waals surface area contributed by atoms with E-state index in [-0.39, 0.29) is 62.9 Å². The molecule has 23 heteroatoms. The Morgan fingerprint density at radius 1 is 0.548 bits per heavy atom. The fourth-order valence-corrected chi connectivity index (χ4v) is 8.78. The molecule has 1 saturated heterocycles. The maximum Gasteiger partial charge on any atom is 0.407 e. The summed E-state index contributed by atoms with van der Waals surface area (Å²) in [5.74, 6) is 2.53. The first-order valence-electron chi connectivity index (χ1n) is 22.9. The van der Waals surface area contributed by atoms with Crippen molar-refractivity contribution in [2.75, 3.05) is 62.4 Å². The molecule has 8 bridgehead atoms. The van der Waals surface area contributed by atoms with Gasteiger partial charge in [-0.1, -0.05) is 0 Å². The van der Waals surface area contributed by atoms with Gasteiger partial charge in [0.05, 0.1) is 88.5 Å². The van der Waals surface area contributed by atoms with Crippen molar-refractivity contribution in [2.24, 2.45) is 0 Å². The summed E-state index contributed by atoms with van der Waals surface area (Å²) in [6.07, 6.45) is -0.281. The molecule has 0 spiro atoms. The molecular formula is C50H46N10O13. The number of benzene rings is 4. The number of H-pyrrole nitrogens is 2. The topological polar surface area (TPSA) is 276 Å². The zero-order chi connectivity index (χ0) is 50.9. The molecule has 3 aliphatic rings. The highest BCUT2D eigenvalue weighted by Crippen LogP contribution is 2.48. The summed E-state index contributed by atoms with van der Waals surface area (Å²) in [7, 11) is 9.36. The minimum absolute atomic E-state index is 0.00102. The van der Waals surface area contributed by atoms with E-state index >= 15 is 0 Å². The first kappa shape index (κ1) is 47.4. The third-order valence-corrected chi connectivity index (χ3v) is 12.2. The van der Waals surface area contributed by atoms with Gasteiger partial charge in [-0.15, -0.1) is 5.06 Å². The van der Waals surface area contributed by atoms with Crippen molar-refractivity contribution < 1.29 is 61.9 Å². The number of ether oxygens (including phenoxy) is 8. The van der Waals surface area contributed by atoms with Crippen molar-refractivity contribution in [3.05, 3.63) is 54.6 Å². The van der Waals surface area contributed by atoms with Gasteiger partial charge in [0, 0.05) is 43.4 Å². The molecular weight excluding hydrogens is 949 g/mol. The molecule has 10 rings (SSSR count). The van der Waals surface area contributed by atoms with Crippen LogP contribution in [0.15, 0.2) is 54.6 Å². The third kappa shape index (κ3) is 8.73. The molecule has 374 valence electrons. The van der Waals surface area contributed by atoms with E-state index in [0.717, 1.165) is 0 Å². The zero-order valence-corrected chi connectivity index (χ0v) is 40.3. The minimum atomic E-state index is -0.759. The number of hydrogen-bond acceptors (Lipinski definition) is 19. The highest BCUT2D eigenvalue weighted by Gasteiger charge is 2.33. The highest BCUT2D eigenvalue weighted by atomic mass is 16.7. The number of methoxy groups -OCH3 is 6. The first-order valence-corrected chi connectivity index (χ1v) is 22.9. The van der Waals surface area contributed by atoms with Crippen LogP contribution < -0.4 is 38.5 Å². The van der Waals surface area contributed by atoms with Crippen molar-refractivity contribution in [3.63, 3.8) is 0 Å². The van der Waals surface area contributed by atoms with Crippen LogP contribution in [-0.2, 0) is 24.0 Å². The Kier molecular flexibility index (Phi) is 12.9. The Labute approximate surface area is 414 Å². The number of nitrogens with one attached hydrogen (secondary N) is 3. The Balaban J connectivity index is 1.03. The average molecular weight is 995 g/mol. The van der Waals surface area contributed by atoms with E-state index in [2.05, 4.69) is 15.3 Å². The van der Waals surface area contributed by atoms with Crippen LogP contribution in [0.25, 0.3) is 89.7 Å². The molecule has 4 aromatic carbocycles. The minimum Gasteiger partial charge on any atom is -0.496 e.